The molecule has 0 aliphatic heterocycles. The monoisotopic (exact) mass is 196 g/mol. The number of halogens is 1. The van der Waals surface area contributed by atoms with Gasteiger partial charge in [-0.1, -0.05) is 11.6 Å². The topological polar surface area (TPSA) is 56.2 Å². The molecule has 2 rings (SSSR count). The average molecular weight is 197 g/mol. The molecule has 0 unspecified atom stereocenters. The first-order chi connectivity index (χ1) is 6.33. The molecule has 4 nitrogen and oxygen atoms in total. The summed E-state index contributed by atoms with van der Waals surface area (Å²) in [5.74, 6) is 0. The third-order valence-electron chi connectivity index (χ3n) is 1.86. The molecule has 0 fully saturated rings. The number of aromatic nitrogens is 3. The van der Waals surface area contributed by atoms with E-state index in [1.807, 2.05) is 4.40 Å². The number of nitrogens with two attached hydrogens (primary N) is 1. The average Bonchev–Trinajstić information content (AvgIpc) is 2.51. The molecule has 2 heterocycles. The molecule has 0 bridgehead atoms. The molecule has 0 atom stereocenters. The summed E-state index contributed by atoms with van der Waals surface area (Å²) in [5.41, 5.74) is 7.23. The zero-order chi connectivity index (χ0) is 9.26. The first-order valence-corrected chi connectivity index (χ1v) is 4.36. The van der Waals surface area contributed by atoms with Crippen LogP contribution in [0.3, 0.4) is 0 Å². The largest absolute Gasteiger partial charge is 0.330 e. The minimum Gasteiger partial charge on any atom is -0.330 e. The quantitative estimate of drug-likeness (QED) is 0.776. The van der Waals surface area contributed by atoms with Gasteiger partial charge in [0.1, 0.15) is 11.3 Å². The molecule has 5 heteroatoms. The number of fused-ring (bicyclic) bond motifs is 1. The molecule has 0 aliphatic rings. The van der Waals surface area contributed by atoms with Crippen LogP contribution in [0.4, 0.5) is 0 Å². The molecule has 0 radical (unpaired) electrons. The molecule has 0 saturated heterocycles. The van der Waals surface area contributed by atoms with E-state index in [2.05, 4.69) is 9.97 Å². The van der Waals surface area contributed by atoms with Crippen molar-refractivity contribution in [1.29, 1.82) is 0 Å². The Morgan fingerprint density at radius 1 is 1.46 bits per heavy atom. The number of rotatable bonds is 2. The van der Waals surface area contributed by atoms with Crippen molar-refractivity contribution in [3.63, 3.8) is 0 Å². The molecule has 2 aromatic rings. The minimum absolute atomic E-state index is 0.561. The zero-order valence-electron chi connectivity index (χ0n) is 6.94. The van der Waals surface area contributed by atoms with Gasteiger partial charge in [-0.25, -0.2) is 9.97 Å². The maximum absolute atomic E-state index is 5.89. The second-order valence-corrected chi connectivity index (χ2v) is 3.13. The fourth-order valence-corrected chi connectivity index (χ4v) is 1.45. The zero-order valence-corrected chi connectivity index (χ0v) is 7.70. The third kappa shape index (κ3) is 1.38. The standard InChI is InChI=1S/C8H9ClN4/c9-7-4-11-5-13-6(1-2-10)3-12-8(7)13/h3-5H,1-2,10H2. The molecular formula is C8H9ClN4. The molecule has 0 spiro atoms. The maximum atomic E-state index is 5.89. The van der Waals surface area contributed by atoms with E-state index in [1.54, 1.807) is 18.7 Å². The summed E-state index contributed by atoms with van der Waals surface area (Å²) < 4.78 is 1.86. The fraction of sp³-hybridized carbons (Fsp3) is 0.250. The smallest absolute Gasteiger partial charge is 0.158 e. The summed E-state index contributed by atoms with van der Waals surface area (Å²) in [6.07, 6.45) is 5.83. The SMILES string of the molecule is NCCc1cnc2c(Cl)cncn12. The Morgan fingerprint density at radius 2 is 2.31 bits per heavy atom. The van der Waals surface area contributed by atoms with Gasteiger partial charge in [-0.2, -0.15) is 0 Å². The van der Waals surface area contributed by atoms with E-state index in [0.29, 0.717) is 11.6 Å². The van der Waals surface area contributed by atoms with Crippen LogP contribution in [0.15, 0.2) is 18.7 Å². The summed E-state index contributed by atoms with van der Waals surface area (Å²) in [7, 11) is 0. The first-order valence-electron chi connectivity index (χ1n) is 3.98. The van der Waals surface area contributed by atoms with Gasteiger partial charge in [-0.3, -0.25) is 4.40 Å². The van der Waals surface area contributed by atoms with Crippen LogP contribution in [0.25, 0.3) is 5.65 Å². The summed E-state index contributed by atoms with van der Waals surface area (Å²) in [5, 5.41) is 0.561. The summed E-state index contributed by atoms with van der Waals surface area (Å²) in [4.78, 5) is 8.15. The van der Waals surface area contributed by atoms with Crippen LogP contribution in [0.2, 0.25) is 5.02 Å². The van der Waals surface area contributed by atoms with Gasteiger partial charge >= 0.3 is 0 Å². The highest BCUT2D eigenvalue weighted by Crippen LogP contribution is 2.15. The van der Waals surface area contributed by atoms with Gasteiger partial charge in [0.05, 0.1) is 6.20 Å². The van der Waals surface area contributed by atoms with Crippen LogP contribution < -0.4 is 5.73 Å². The number of hydrogen-bond acceptors (Lipinski definition) is 3. The molecule has 0 aliphatic carbocycles. The van der Waals surface area contributed by atoms with Crippen LogP contribution in [-0.4, -0.2) is 20.9 Å². The Hall–Kier alpha value is -1.13. The molecule has 2 N–H and O–H groups in total. The van der Waals surface area contributed by atoms with E-state index < -0.39 is 0 Å². The normalized spacial score (nSPS) is 10.9. The predicted octanol–water partition coefficient (Wildman–Crippen LogP) is 0.884. The molecule has 2 aromatic heterocycles. The highest BCUT2D eigenvalue weighted by atomic mass is 35.5. The predicted molar refractivity (Wildman–Crippen MR) is 50.8 cm³/mol. The molecule has 0 saturated carbocycles. The van der Waals surface area contributed by atoms with Crippen molar-refractivity contribution in [2.24, 2.45) is 5.73 Å². The maximum Gasteiger partial charge on any atom is 0.158 e. The Labute approximate surface area is 80.4 Å². The lowest BCUT2D eigenvalue weighted by Crippen LogP contribution is -2.05. The van der Waals surface area contributed by atoms with Crippen LogP contribution >= 0.6 is 11.6 Å². The number of nitrogens with zero attached hydrogens (tertiary/aromatic N) is 3. The molecular weight excluding hydrogens is 188 g/mol. The second kappa shape index (κ2) is 3.32. The second-order valence-electron chi connectivity index (χ2n) is 2.72. The summed E-state index contributed by atoms with van der Waals surface area (Å²) in [6, 6.07) is 0. The first kappa shape index (κ1) is 8.47. The highest BCUT2D eigenvalue weighted by molar-refractivity contribution is 6.33. The Balaban J connectivity index is 2.61. The summed E-state index contributed by atoms with van der Waals surface area (Å²) >= 11 is 5.89. The molecule has 0 aromatic carbocycles. The minimum atomic E-state index is 0.561. The van der Waals surface area contributed by atoms with Crippen LogP contribution in [0, 0.1) is 0 Å². The molecule has 0 amide bonds. The van der Waals surface area contributed by atoms with Crippen molar-refractivity contribution in [2.45, 2.75) is 6.42 Å². The van der Waals surface area contributed by atoms with E-state index >= 15 is 0 Å². The van der Waals surface area contributed by atoms with Gasteiger partial charge in [-0.15, -0.1) is 0 Å². The van der Waals surface area contributed by atoms with Crippen LogP contribution in [0.1, 0.15) is 5.69 Å². The van der Waals surface area contributed by atoms with Crippen molar-refractivity contribution >= 4 is 17.2 Å². The number of imidazole rings is 1. The van der Waals surface area contributed by atoms with Crippen LogP contribution in [0.5, 0.6) is 0 Å². The lowest BCUT2D eigenvalue weighted by molar-refractivity contribution is 0.893. The van der Waals surface area contributed by atoms with Crippen molar-refractivity contribution < 1.29 is 0 Å². The van der Waals surface area contributed by atoms with Crippen molar-refractivity contribution in [3.05, 3.63) is 29.4 Å². The van der Waals surface area contributed by atoms with Gasteiger partial charge < -0.3 is 5.73 Å². The third-order valence-corrected chi connectivity index (χ3v) is 2.12. The van der Waals surface area contributed by atoms with E-state index in [4.69, 9.17) is 17.3 Å². The van der Waals surface area contributed by atoms with Gasteiger partial charge in [0.2, 0.25) is 0 Å². The van der Waals surface area contributed by atoms with Crippen molar-refractivity contribution in [1.82, 2.24) is 14.4 Å². The van der Waals surface area contributed by atoms with E-state index in [-0.39, 0.29) is 0 Å². The molecule has 68 valence electrons. The lowest BCUT2D eigenvalue weighted by atomic mass is 10.3. The Bertz CT molecular complexity index is 423. The summed E-state index contributed by atoms with van der Waals surface area (Å²) in [6.45, 7) is 0.598. The fourth-order valence-electron chi connectivity index (χ4n) is 1.26. The Kier molecular flexibility index (Phi) is 2.16. The van der Waals surface area contributed by atoms with E-state index in [1.165, 1.54) is 0 Å². The van der Waals surface area contributed by atoms with Gasteiger partial charge in [-0.05, 0) is 6.54 Å². The lowest BCUT2D eigenvalue weighted by Gasteiger charge is -1.98. The van der Waals surface area contributed by atoms with Crippen molar-refractivity contribution in [3.8, 4) is 0 Å². The number of hydrogen-bond donors (Lipinski definition) is 1. The van der Waals surface area contributed by atoms with Gasteiger partial charge in [0.15, 0.2) is 5.65 Å². The molecule has 13 heavy (non-hydrogen) atoms. The van der Waals surface area contributed by atoms with Gasteiger partial charge in [0.25, 0.3) is 0 Å². The van der Waals surface area contributed by atoms with E-state index in [9.17, 15) is 0 Å². The van der Waals surface area contributed by atoms with E-state index in [0.717, 1.165) is 17.8 Å². The van der Waals surface area contributed by atoms with Crippen molar-refractivity contribution in [2.75, 3.05) is 6.54 Å². The highest BCUT2D eigenvalue weighted by Gasteiger charge is 2.04. The van der Waals surface area contributed by atoms with Crippen LogP contribution in [-0.2, 0) is 6.42 Å². The Morgan fingerprint density at radius 3 is 3.08 bits per heavy atom. The van der Waals surface area contributed by atoms with Gasteiger partial charge in [0, 0.05) is 18.3 Å².